The number of piperidine rings is 1. The first-order valence-corrected chi connectivity index (χ1v) is 21.9. The summed E-state index contributed by atoms with van der Waals surface area (Å²) in [7, 11) is 2.63. The number of hydrogen-bond acceptors (Lipinski definition) is 8. The number of imidazole rings is 1. The van der Waals surface area contributed by atoms with Gasteiger partial charge in [-0.3, -0.25) is 14.6 Å². The molecule has 4 unspecified atom stereocenters. The number of H-pyrrole nitrogens is 1. The molecule has 0 spiro atoms. The first-order valence-electron chi connectivity index (χ1n) is 21.9. The van der Waals surface area contributed by atoms with Crippen molar-refractivity contribution >= 4 is 35.3 Å². The molecule has 3 aliphatic carbocycles. The number of alkyl carbamates (subject to hydrolysis) is 2. The molecule has 1 aromatic heterocycles. The van der Waals surface area contributed by atoms with Crippen LogP contribution in [-0.2, 0) is 19.1 Å². The van der Waals surface area contributed by atoms with Gasteiger partial charge in [0.15, 0.2) is 0 Å². The van der Waals surface area contributed by atoms with Gasteiger partial charge >= 0.3 is 12.2 Å². The number of rotatable bonds is 11. The fourth-order valence-corrected chi connectivity index (χ4v) is 11.0. The minimum Gasteiger partial charge on any atom is -0.453 e. The highest BCUT2D eigenvalue weighted by molar-refractivity contribution is 6.04. The zero-order valence-corrected chi connectivity index (χ0v) is 35.5. The number of ether oxygens (including phenoxy) is 2. The van der Waals surface area contributed by atoms with Crippen LogP contribution in [0.3, 0.4) is 0 Å². The number of aromatic nitrogens is 2. The van der Waals surface area contributed by atoms with Gasteiger partial charge in [0.1, 0.15) is 17.9 Å². The van der Waals surface area contributed by atoms with Crippen LogP contribution in [-0.4, -0.2) is 94.4 Å². The Morgan fingerprint density at radius 2 is 1.40 bits per heavy atom. The Morgan fingerprint density at radius 1 is 0.767 bits per heavy atom. The lowest BCUT2D eigenvalue weighted by Crippen LogP contribution is -2.53. The van der Waals surface area contributed by atoms with Gasteiger partial charge < -0.3 is 34.9 Å². The molecule has 3 aliphatic heterocycles. The standard InChI is InChI=1S/C47H57N7O6/c1-24(2)41(51-46(57)59-5)44(55)53-17-7-8-36(53)34-19-31(22-48-34)33-16-15-32(39-28-13-14-29(18-28)40(33)39)26-9-11-27(12-10-26)35-23-49-43(50-35)38-21-30-20-37(30)54(38)45(56)42(25(3)4)52-47(58)60-6/h9-12,15-16,22-25,28-30,36-38,41-42H,7-8,13-14,17-21H2,1-6H3,(H,49,50)(H,51,57)(H,52,58)/t28?,29?,30?,36-,37?,38-,41-,42-/m0/s1. The Labute approximate surface area is 351 Å². The second-order valence-electron chi connectivity index (χ2n) is 18.4. The largest absolute Gasteiger partial charge is 0.453 e. The maximum atomic E-state index is 13.9. The molecule has 3 aromatic rings. The molecule has 2 saturated heterocycles. The number of methoxy groups -OCH3 is 2. The Morgan fingerprint density at radius 3 is 2.07 bits per heavy atom. The van der Waals surface area contributed by atoms with Gasteiger partial charge in [0.25, 0.3) is 0 Å². The monoisotopic (exact) mass is 815 g/mol. The van der Waals surface area contributed by atoms with Crippen LogP contribution in [0.2, 0.25) is 0 Å². The number of carbonyl (C=O) groups is 4. The Hall–Kier alpha value is -5.46. The van der Waals surface area contributed by atoms with Crippen molar-refractivity contribution in [2.75, 3.05) is 20.8 Å². The van der Waals surface area contributed by atoms with E-state index in [9.17, 15) is 19.2 Å². The minimum atomic E-state index is -0.672. The minimum absolute atomic E-state index is 0.0783. The summed E-state index contributed by atoms with van der Waals surface area (Å²) in [5, 5.41) is 5.52. The van der Waals surface area contributed by atoms with Crippen LogP contribution in [0.5, 0.6) is 0 Å². The van der Waals surface area contributed by atoms with E-state index >= 15 is 0 Å². The van der Waals surface area contributed by atoms with E-state index in [0.29, 0.717) is 30.7 Å². The van der Waals surface area contributed by atoms with Crippen molar-refractivity contribution < 1.29 is 28.7 Å². The number of benzene rings is 2. The molecule has 4 heterocycles. The maximum Gasteiger partial charge on any atom is 0.407 e. The molecule has 3 N–H and O–H groups in total. The molecule has 6 aliphatic rings. The van der Waals surface area contributed by atoms with Crippen molar-refractivity contribution in [2.45, 2.75) is 121 Å². The summed E-state index contributed by atoms with van der Waals surface area (Å²) in [4.78, 5) is 69.1. The lowest BCUT2D eigenvalue weighted by atomic mass is 9.81. The van der Waals surface area contributed by atoms with Crippen LogP contribution in [0.15, 0.2) is 53.8 Å². The summed E-state index contributed by atoms with van der Waals surface area (Å²) < 4.78 is 9.65. The smallest absolute Gasteiger partial charge is 0.407 e. The second kappa shape index (κ2) is 15.9. The van der Waals surface area contributed by atoms with E-state index in [4.69, 9.17) is 19.5 Å². The molecule has 4 fully saturated rings. The highest BCUT2D eigenvalue weighted by atomic mass is 16.5. The second-order valence-corrected chi connectivity index (χ2v) is 18.4. The van der Waals surface area contributed by atoms with Crippen LogP contribution < -0.4 is 10.6 Å². The molecule has 2 saturated carbocycles. The van der Waals surface area contributed by atoms with Crippen LogP contribution in [0.25, 0.3) is 28.0 Å². The highest BCUT2D eigenvalue weighted by Crippen LogP contribution is 2.58. The van der Waals surface area contributed by atoms with Gasteiger partial charge in [-0.15, -0.1) is 0 Å². The van der Waals surface area contributed by atoms with E-state index in [1.54, 1.807) is 0 Å². The van der Waals surface area contributed by atoms with Crippen LogP contribution >= 0.6 is 0 Å². The summed E-state index contributed by atoms with van der Waals surface area (Å²) in [5.74, 6) is 1.96. The number of aromatic amines is 1. The zero-order chi connectivity index (χ0) is 42.0. The third-order valence-corrected chi connectivity index (χ3v) is 14.1. The fourth-order valence-electron chi connectivity index (χ4n) is 11.0. The molecular weight excluding hydrogens is 759 g/mol. The first kappa shape index (κ1) is 40.0. The molecule has 316 valence electrons. The first-order chi connectivity index (χ1) is 28.9. The summed E-state index contributed by atoms with van der Waals surface area (Å²) in [6, 6.07) is 11.9. The molecule has 4 amide bonds. The maximum absolute atomic E-state index is 13.9. The molecule has 8 atom stereocenters. The molecule has 13 nitrogen and oxygen atoms in total. The van der Waals surface area contributed by atoms with Crippen LogP contribution in [0, 0.1) is 17.8 Å². The predicted octanol–water partition coefficient (Wildman–Crippen LogP) is 7.71. The lowest BCUT2D eigenvalue weighted by Gasteiger charge is -2.31. The average Bonchev–Trinajstić information content (AvgIpc) is 4.01. The molecular formula is C47H57N7O6. The van der Waals surface area contributed by atoms with Crippen LogP contribution in [0.1, 0.15) is 119 Å². The number of fused-ring (bicyclic) bond motifs is 6. The Kier molecular flexibility index (Phi) is 10.6. The number of amides is 4. The van der Waals surface area contributed by atoms with Gasteiger partial charge in [0.05, 0.1) is 38.2 Å². The Balaban J connectivity index is 0.914. The normalized spacial score (nSPS) is 25.8. The van der Waals surface area contributed by atoms with Crippen molar-refractivity contribution in [1.82, 2.24) is 30.4 Å². The van der Waals surface area contributed by atoms with Gasteiger partial charge in [0, 0.05) is 30.9 Å². The van der Waals surface area contributed by atoms with E-state index in [1.165, 1.54) is 66.9 Å². The van der Waals surface area contributed by atoms with Crippen molar-refractivity contribution in [1.29, 1.82) is 0 Å². The number of carbonyl (C=O) groups excluding carboxylic acids is 4. The Bertz CT molecular complexity index is 2260. The third kappa shape index (κ3) is 7.07. The van der Waals surface area contributed by atoms with Crippen LogP contribution in [0.4, 0.5) is 9.59 Å². The number of nitrogens with one attached hydrogen (secondary N) is 3. The topological polar surface area (TPSA) is 158 Å². The van der Waals surface area contributed by atoms with Crippen molar-refractivity contribution in [3.8, 4) is 22.4 Å². The van der Waals surface area contributed by atoms with Crippen molar-refractivity contribution in [3.63, 3.8) is 0 Å². The molecule has 9 rings (SSSR count). The van der Waals surface area contributed by atoms with Gasteiger partial charge in [-0.05, 0) is 113 Å². The van der Waals surface area contributed by atoms with E-state index < -0.39 is 24.3 Å². The number of likely N-dealkylation sites (tertiary alicyclic amines) is 2. The SMILES string of the molecule is COC(=O)N[C@H](C(=O)N1CCC[C@H]1C1=NC=C(c2ccc(-c3ccc(-c4cnc([C@@H]5CC6CC6N5C(=O)[C@@H](NC(=O)OC)C(C)C)[nH]4)cc3)c3c2C2CCC3C2)C1)C(C)C. The molecule has 60 heavy (non-hydrogen) atoms. The van der Waals surface area contributed by atoms with Gasteiger partial charge in [-0.25, -0.2) is 14.6 Å². The molecule has 0 radical (unpaired) electrons. The average molecular weight is 816 g/mol. The highest BCUT2D eigenvalue weighted by Gasteiger charge is 2.56. The van der Waals surface area contributed by atoms with Gasteiger partial charge in [-0.1, -0.05) is 64.1 Å². The van der Waals surface area contributed by atoms with E-state index in [2.05, 4.69) is 52.0 Å². The van der Waals surface area contributed by atoms with Gasteiger partial charge in [0.2, 0.25) is 11.8 Å². The number of allylic oxidation sites excluding steroid dienone is 1. The summed E-state index contributed by atoms with van der Waals surface area (Å²) in [6.07, 6.45) is 10.6. The summed E-state index contributed by atoms with van der Waals surface area (Å²) >= 11 is 0. The zero-order valence-electron chi connectivity index (χ0n) is 35.5. The van der Waals surface area contributed by atoms with E-state index in [-0.39, 0.29) is 41.8 Å². The number of nitrogens with zero attached hydrogens (tertiary/aromatic N) is 4. The molecule has 2 bridgehead atoms. The fraction of sp³-hybridized carbons (Fsp3) is 0.532. The quantitative estimate of drug-likeness (QED) is 0.179. The third-order valence-electron chi connectivity index (χ3n) is 14.1. The number of aliphatic imine (C=N–C) groups is 1. The molecule has 2 aromatic carbocycles. The lowest BCUT2D eigenvalue weighted by molar-refractivity contribution is -0.137. The van der Waals surface area contributed by atoms with Gasteiger partial charge in [-0.2, -0.15) is 0 Å². The van der Waals surface area contributed by atoms with Crippen molar-refractivity contribution in [2.24, 2.45) is 22.7 Å². The summed E-state index contributed by atoms with van der Waals surface area (Å²) in [6.45, 7) is 8.39. The number of hydrogen-bond donors (Lipinski definition) is 3. The van der Waals surface area contributed by atoms with Crippen molar-refractivity contribution in [3.05, 3.63) is 71.3 Å². The predicted molar refractivity (Wildman–Crippen MR) is 228 cm³/mol. The van der Waals surface area contributed by atoms with E-state index in [0.717, 1.165) is 48.5 Å². The van der Waals surface area contributed by atoms with E-state index in [1.807, 2.05) is 49.9 Å². The summed E-state index contributed by atoms with van der Waals surface area (Å²) in [5.41, 5.74) is 10.9. The molecule has 13 heteroatoms.